The van der Waals surface area contributed by atoms with Crippen LogP contribution in [0.3, 0.4) is 0 Å². The molecule has 5 aliphatic carbocycles. The predicted molar refractivity (Wildman–Crippen MR) is 134 cm³/mol. The van der Waals surface area contributed by atoms with Gasteiger partial charge in [-0.3, -0.25) is 0 Å². The molecule has 4 fully saturated rings. The Morgan fingerprint density at radius 3 is 2.18 bits per heavy atom. The second-order valence-corrected chi connectivity index (χ2v) is 15.2. The van der Waals surface area contributed by atoms with Gasteiger partial charge in [0.1, 0.15) is 0 Å². The van der Waals surface area contributed by atoms with Crippen molar-refractivity contribution in [2.45, 2.75) is 118 Å². The average Bonchev–Trinajstić information content (AvgIpc) is 2.74. The number of aliphatic hydroxyl groups excluding tert-OH is 3. The van der Waals surface area contributed by atoms with Crippen LogP contribution in [-0.2, 0) is 0 Å². The SMILES string of the molecule is CC1(C)C(O)CC[C@@]2(C)C1CC[C@]1(C)C2[C@@H](O)C=C2[C@@H]3C[C@@](C)(CO)CC[C@]3(C)CC[C@]21C. The fourth-order valence-corrected chi connectivity index (χ4v) is 10.7. The Morgan fingerprint density at radius 1 is 0.848 bits per heavy atom. The van der Waals surface area contributed by atoms with E-state index in [-0.39, 0.29) is 45.7 Å². The highest BCUT2D eigenvalue weighted by atomic mass is 16.3. The summed E-state index contributed by atoms with van der Waals surface area (Å²) >= 11 is 0. The van der Waals surface area contributed by atoms with Gasteiger partial charge >= 0.3 is 0 Å². The van der Waals surface area contributed by atoms with Gasteiger partial charge in [0.05, 0.1) is 12.2 Å². The molecule has 3 unspecified atom stereocenters. The number of allylic oxidation sites excluding steroid dienone is 1. The monoisotopic (exact) mass is 458 g/mol. The van der Waals surface area contributed by atoms with Crippen molar-refractivity contribution in [1.82, 2.24) is 0 Å². The number of aliphatic hydroxyl groups is 3. The first-order valence-electron chi connectivity index (χ1n) is 13.9. The number of rotatable bonds is 1. The van der Waals surface area contributed by atoms with Crippen LogP contribution < -0.4 is 0 Å². The lowest BCUT2D eigenvalue weighted by atomic mass is 9.33. The fraction of sp³-hybridized carbons (Fsp3) is 0.933. The Balaban J connectivity index is 1.61. The van der Waals surface area contributed by atoms with Crippen molar-refractivity contribution in [2.75, 3.05) is 6.61 Å². The van der Waals surface area contributed by atoms with Gasteiger partial charge in [-0.05, 0) is 102 Å². The van der Waals surface area contributed by atoms with Crippen LogP contribution in [0.5, 0.6) is 0 Å². The van der Waals surface area contributed by atoms with Gasteiger partial charge in [0.15, 0.2) is 0 Å². The molecule has 0 aromatic rings. The zero-order valence-corrected chi connectivity index (χ0v) is 22.4. The number of fused-ring (bicyclic) bond motifs is 7. The Morgan fingerprint density at radius 2 is 1.52 bits per heavy atom. The van der Waals surface area contributed by atoms with Gasteiger partial charge in [0.2, 0.25) is 0 Å². The van der Waals surface area contributed by atoms with Crippen molar-refractivity contribution in [1.29, 1.82) is 0 Å². The molecule has 0 bridgehead atoms. The Bertz CT molecular complexity index is 847. The van der Waals surface area contributed by atoms with Crippen LogP contribution in [0.4, 0.5) is 0 Å². The van der Waals surface area contributed by atoms with Crippen LogP contribution >= 0.6 is 0 Å². The molecule has 3 nitrogen and oxygen atoms in total. The van der Waals surface area contributed by atoms with Gasteiger partial charge in [-0.25, -0.2) is 0 Å². The van der Waals surface area contributed by atoms with E-state index in [0.29, 0.717) is 17.3 Å². The van der Waals surface area contributed by atoms with Crippen LogP contribution in [0.25, 0.3) is 0 Å². The van der Waals surface area contributed by atoms with Crippen LogP contribution in [0.15, 0.2) is 11.6 Å². The molecule has 5 rings (SSSR count). The smallest absolute Gasteiger partial charge is 0.0762 e. The molecule has 33 heavy (non-hydrogen) atoms. The highest BCUT2D eigenvalue weighted by Gasteiger charge is 2.69. The first kappa shape index (κ1) is 24.3. The molecule has 10 atom stereocenters. The molecule has 0 aliphatic heterocycles. The largest absolute Gasteiger partial charge is 0.396 e. The average molecular weight is 459 g/mol. The van der Waals surface area contributed by atoms with E-state index in [0.717, 1.165) is 38.5 Å². The second kappa shape index (κ2) is 7.10. The van der Waals surface area contributed by atoms with E-state index in [1.54, 1.807) is 0 Å². The molecule has 4 saturated carbocycles. The first-order chi connectivity index (χ1) is 15.2. The van der Waals surface area contributed by atoms with Crippen molar-refractivity contribution in [2.24, 2.45) is 50.2 Å². The summed E-state index contributed by atoms with van der Waals surface area (Å²) in [6.07, 6.45) is 11.6. The highest BCUT2D eigenvalue weighted by molar-refractivity contribution is 5.35. The lowest BCUT2D eigenvalue weighted by Gasteiger charge is -2.72. The minimum atomic E-state index is -0.415. The van der Waals surface area contributed by atoms with E-state index in [1.165, 1.54) is 24.8 Å². The first-order valence-corrected chi connectivity index (χ1v) is 13.9. The van der Waals surface area contributed by atoms with Gasteiger partial charge in [-0.1, -0.05) is 60.1 Å². The van der Waals surface area contributed by atoms with Gasteiger partial charge in [-0.15, -0.1) is 0 Å². The maximum Gasteiger partial charge on any atom is 0.0762 e. The maximum atomic E-state index is 11.9. The molecular weight excluding hydrogens is 408 g/mol. The summed E-state index contributed by atoms with van der Waals surface area (Å²) in [5.74, 6) is 1.15. The molecule has 3 heteroatoms. The summed E-state index contributed by atoms with van der Waals surface area (Å²) in [5.41, 5.74) is 1.93. The maximum absolute atomic E-state index is 11.9. The normalized spacial score (nSPS) is 57.8. The van der Waals surface area contributed by atoms with E-state index in [2.05, 4.69) is 54.5 Å². The molecule has 0 heterocycles. The standard InChI is InChI=1S/C30H50O3/c1-25(2)22-8-11-30(7)24(28(22,5)10-9-23(25)33)21(32)16-19-20-17-26(3,18-31)12-13-27(20,4)14-15-29(19,30)6/h16,20-24,31-33H,8-15,17-18H2,1-7H3/t20-,21-,22?,23?,24?,26-,27+,28-,29+,30+/m0/s1. The lowest BCUT2D eigenvalue weighted by Crippen LogP contribution is -2.67. The number of hydrogen-bond donors (Lipinski definition) is 3. The van der Waals surface area contributed by atoms with E-state index < -0.39 is 6.10 Å². The molecule has 0 saturated heterocycles. The summed E-state index contributed by atoms with van der Waals surface area (Å²) in [5, 5.41) is 33.0. The van der Waals surface area contributed by atoms with Gasteiger partial charge in [0.25, 0.3) is 0 Å². The Labute approximate surface area is 202 Å². The number of hydrogen-bond acceptors (Lipinski definition) is 3. The van der Waals surface area contributed by atoms with Crippen LogP contribution in [0.2, 0.25) is 0 Å². The molecule has 0 spiro atoms. The van der Waals surface area contributed by atoms with Crippen molar-refractivity contribution < 1.29 is 15.3 Å². The zero-order chi connectivity index (χ0) is 24.2. The Kier molecular flexibility index (Phi) is 5.23. The summed E-state index contributed by atoms with van der Waals surface area (Å²) in [4.78, 5) is 0. The highest BCUT2D eigenvalue weighted by Crippen LogP contribution is 2.75. The molecule has 0 amide bonds. The summed E-state index contributed by atoms with van der Waals surface area (Å²) in [7, 11) is 0. The molecule has 3 N–H and O–H groups in total. The van der Waals surface area contributed by atoms with Crippen LogP contribution in [0, 0.1) is 50.2 Å². The third-order valence-electron chi connectivity index (χ3n) is 13.2. The topological polar surface area (TPSA) is 60.7 Å². The van der Waals surface area contributed by atoms with Crippen molar-refractivity contribution >= 4 is 0 Å². The van der Waals surface area contributed by atoms with Gasteiger partial charge in [-0.2, -0.15) is 0 Å². The summed E-state index contributed by atoms with van der Waals surface area (Å²) in [6.45, 7) is 17.1. The third-order valence-corrected chi connectivity index (χ3v) is 13.2. The third kappa shape index (κ3) is 2.97. The molecule has 0 aromatic carbocycles. The van der Waals surface area contributed by atoms with E-state index in [4.69, 9.17) is 0 Å². The molecule has 188 valence electrons. The summed E-state index contributed by atoms with van der Waals surface area (Å²) < 4.78 is 0. The van der Waals surface area contributed by atoms with E-state index in [1.807, 2.05) is 0 Å². The van der Waals surface area contributed by atoms with Crippen molar-refractivity contribution in [3.05, 3.63) is 11.6 Å². The minimum absolute atomic E-state index is 0.000849. The van der Waals surface area contributed by atoms with Gasteiger partial charge < -0.3 is 15.3 Å². The molecule has 5 aliphatic rings. The molecule has 0 radical (unpaired) electrons. The lowest BCUT2D eigenvalue weighted by molar-refractivity contribution is -0.224. The summed E-state index contributed by atoms with van der Waals surface area (Å²) in [6, 6.07) is 0. The quantitative estimate of drug-likeness (QED) is 0.415. The minimum Gasteiger partial charge on any atom is -0.396 e. The Hall–Kier alpha value is -0.380. The van der Waals surface area contributed by atoms with Crippen molar-refractivity contribution in [3.63, 3.8) is 0 Å². The molecular formula is C30H50O3. The van der Waals surface area contributed by atoms with Crippen molar-refractivity contribution in [3.8, 4) is 0 Å². The second-order valence-electron chi connectivity index (χ2n) is 15.2. The predicted octanol–water partition coefficient (Wildman–Crippen LogP) is 6.11. The zero-order valence-electron chi connectivity index (χ0n) is 22.4. The van der Waals surface area contributed by atoms with Crippen LogP contribution in [-0.4, -0.2) is 34.1 Å². The van der Waals surface area contributed by atoms with Crippen LogP contribution in [0.1, 0.15) is 106 Å². The van der Waals surface area contributed by atoms with E-state index in [9.17, 15) is 15.3 Å². The van der Waals surface area contributed by atoms with E-state index >= 15 is 0 Å². The molecule has 0 aromatic heterocycles. The fourth-order valence-electron chi connectivity index (χ4n) is 10.7. The van der Waals surface area contributed by atoms with Gasteiger partial charge in [0, 0.05) is 12.5 Å².